The number of nitrogens with one attached hydrogen (secondary N) is 3. The van der Waals surface area contributed by atoms with Gasteiger partial charge in [0.1, 0.15) is 12.4 Å². The van der Waals surface area contributed by atoms with Crippen molar-refractivity contribution in [1.82, 2.24) is 10.2 Å². The smallest absolute Gasteiger partial charge is 0.270 e. The van der Waals surface area contributed by atoms with E-state index in [2.05, 4.69) is 15.5 Å². The average molecular weight is 359 g/mol. The van der Waals surface area contributed by atoms with Crippen LogP contribution in [0.25, 0.3) is 10.8 Å². The van der Waals surface area contributed by atoms with E-state index in [1.807, 2.05) is 54.6 Å². The van der Waals surface area contributed by atoms with Gasteiger partial charge in [0, 0.05) is 11.4 Å². The fourth-order valence-corrected chi connectivity index (χ4v) is 2.80. The van der Waals surface area contributed by atoms with Gasteiger partial charge >= 0.3 is 0 Å². The molecule has 3 aromatic carbocycles. The molecule has 4 rings (SSSR count). The number of aromatic nitrogens is 2. The van der Waals surface area contributed by atoms with Crippen molar-refractivity contribution in [3.8, 4) is 5.75 Å². The molecule has 4 aromatic rings. The number of H-pyrrole nitrogens is 2. The van der Waals surface area contributed by atoms with Crippen molar-refractivity contribution < 1.29 is 4.74 Å². The second kappa shape index (κ2) is 7.21. The first kappa shape index (κ1) is 16.7. The van der Waals surface area contributed by atoms with Crippen molar-refractivity contribution in [2.45, 2.75) is 6.61 Å². The van der Waals surface area contributed by atoms with E-state index in [1.165, 1.54) is 0 Å². The summed E-state index contributed by atoms with van der Waals surface area (Å²) in [7, 11) is 0. The number of hydrogen-bond acceptors (Lipinski definition) is 4. The van der Waals surface area contributed by atoms with Crippen molar-refractivity contribution in [3.63, 3.8) is 0 Å². The first-order valence-corrected chi connectivity index (χ1v) is 8.47. The van der Waals surface area contributed by atoms with Crippen molar-refractivity contribution in [3.05, 3.63) is 99.1 Å². The summed E-state index contributed by atoms with van der Waals surface area (Å²) in [5, 5.41) is 8.56. The van der Waals surface area contributed by atoms with Gasteiger partial charge in [0.15, 0.2) is 0 Å². The molecule has 0 saturated heterocycles. The van der Waals surface area contributed by atoms with Gasteiger partial charge in [-0.25, -0.2) is 0 Å². The Labute approximate surface area is 154 Å². The molecule has 1 aromatic heterocycles. The molecule has 134 valence electrons. The van der Waals surface area contributed by atoms with Gasteiger partial charge in [-0.15, -0.1) is 0 Å². The highest BCUT2D eigenvalue weighted by Crippen LogP contribution is 2.22. The van der Waals surface area contributed by atoms with Crippen molar-refractivity contribution >= 4 is 22.1 Å². The SMILES string of the molecule is O=c1[nH][nH]c(=O)c2cc(Nc3ccc(OCc4ccccc4)cc3)ccc12. The summed E-state index contributed by atoms with van der Waals surface area (Å²) in [5.41, 5.74) is 2.02. The molecule has 0 radical (unpaired) electrons. The molecule has 6 heteroatoms. The highest BCUT2D eigenvalue weighted by Gasteiger charge is 2.05. The lowest BCUT2D eigenvalue weighted by atomic mass is 10.1. The summed E-state index contributed by atoms with van der Waals surface area (Å²) < 4.78 is 5.77. The number of aromatic amines is 2. The molecule has 3 N–H and O–H groups in total. The highest BCUT2D eigenvalue weighted by atomic mass is 16.5. The van der Waals surface area contributed by atoms with Crippen LogP contribution in [0, 0.1) is 0 Å². The zero-order valence-corrected chi connectivity index (χ0v) is 14.4. The molecule has 27 heavy (non-hydrogen) atoms. The van der Waals surface area contributed by atoms with Crippen molar-refractivity contribution in [2.75, 3.05) is 5.32 Å². The van der Waals surface area contributed by atoms with Gasteiger partial charge < -0.3 is 10.1 Å². The molecule has 0 amide bonds. The van der Waals surface area contributed by atoms with Crippen LogP contribution in [-0.2, 0) is 6.61 Å². The lowest BCUT2D eigenvalue weighted by molar-refractivity contribution is 0.306. The number of ether oxygens (including phenoxy) is 1. The topological polar surface area (TPSA) is 87.0 Å². The predicted octanol–water partition coefficient (Wildman–Crippen LogP) is 3.54. The Balaban J connectivity index is 1.48. The normalized spacial score (nSPS) is 10.7. The third-order valence-corrected chi connectivity index (χ3v) is 4.19. The zero-order chi connectivity index (χ0) is 18.6. The van der Waals surface area contributed by atoms with E-state index in [0.717, 1.165) is 22.7 Å². The Hall–Kier alpha value is -3.80. The maximum absolute atomic E-state index is 11.9. The van der Waals surface area contributed by atoms with Crippen LogP contribution < -0.4 is 21.2 Å². The predicted molar refractivity (Wildman–Crippen MR) is 106 cm³/mol. The third kappa shape index (κ3) is 3.74. The number of hydrogen-bond donors (Lipinski definition) is 3. The van der Waals surface area contributed by atoms with Gasteiger partial charge in [-0.2, -0.15) is 0 Å². The van der Waals surface area contributed by atoms with Crippen LogP contribution in [0.15, 0.2) is 82.4 Å². The number of fused-ring (bicyclic) bond motifs is 1. The van der Waals surface area contributed by atoms with E-state index < -0.39 is 0 Å². The number of benzene rings is 3. The van der Waals surface area contributed by atoms with Crippen molar-refractivity contribution in [1.29, 1.82) is 0 Å². The lowest BCUT2D eigenvalue weighted by Crippen LogP contribution is -2.18. The van der Waals surface area contributed by atoms with Crippen LogP contribution in [0.3, 0.4) is 0 Å². The van der Waals surface area contributed by atoms with Crippen LogP contribution in [0.5, 0.6) is 5.75 Å². The zero-order valence-electron chi connectivity index (χ0n) is 14.4. The third-order valence-electron chi connectivity index (χ3n) is 4.19. The Morgan fingerprint density at radius 1 is 0.741 bits per heavy atom. The molecule has 6 nitrogen and oxygen atoms in total. The summed E-state index contributed by atoms with van der Waals surface area (Å²) in [6.45, 7) is 0.510. The molecule has 0 fully saturated rings. The van der Waals surface area contributed by atoms with Gasteiger partial charge in [-0.05, 0) is 48.0 Å². The summed E-state index contributed by atoms with van der Waals surface area (Å²) >= 11 is 0. The summed E-state index contributed by atoms with van der Waals surface area (Å²) in [6, 6.07) is 22.6. The van der Waals surface area contributed by atoms with E-state index in [1.54, 1.807) is 18.2 Å². The van der Waals surface area contributed by atoms with Crippen LogP contribution in [0.1, 0.15) is 5.56 Å². The molecule has 0 spiro atoms. The average Bonchev–Trinajstić information content (AvgIpc) is 2.71. The van der Waals surface area contributed by atoms with Gasteiger partial charge in [-0.1, -0.05) is 30.3 Å². The molecule has 0 unspecified atom stereocenters. The maximum Gasteiger partial charge on any atom is 0.270 e. The fraction of sp³-hybridized carbons (Fsp3) is 0.0476. The number of anilines is 2. The monoisotopic (exact) mass is 359 g/mol. The highest BCUT2D eigenvalue weighted by molar-refractivity contribution is 5.84. The molecular formula is C21H17N3O3. The van der Waals surface area contributed by atoms with E-state index in [0.29, 0.717) is 17.4 Å². The molecule has 1 heterocycles. The summed E-state index contributed by atoms with van der Waals surface area (Å²) in [4.78, 5) is 23.6. The molecule has 0 aliphatic carbocycles. The molecule has 0 aliphatic rings. The van der Waals surface area contributed by atoms with Gasteiger partial charge in [0.05, 0.1) is 10.8 Å². The quantitative estimate of drug-likeness (QED) is 0.509. The Morgan fingerprint density at radius 2 is 1.41 bits per heavy atom. The number of rotatable bonds is 5. The second-order valence-electron chi connectivity index (χ2n) is 6.09. The van der Waals surface area contributed by atoms with E-state index in [-0.39, 0.29) is 11.1 Å². The molecule has 0 atom stereocenters. The molecular weight excluding hydrogens is 342 g/mol. The fourth-order valence-electron chi connectivity index (χ4n) is 2.80. The molecule has 0 aliphatic heterocycles. The second-order valence-corrected chi connectivity index (χ2v) is 6.09. The van der Waals surface area contributed by atoms with Gasteiger partial charge in [-0.3, -0.25) is 19.8 Å². The Bertz CT molecular complexity index is 1180. The largest absolute Gasteiger partial charge is 0.489 e. The molecule has 0 saturated carbocycles. The van der Waals surface area contributed by atoms with E-state index in [9.17, 15) is 9.59 Å². The summed E-state index contributed by atoms with van der Waals surface area (Å²) in [6.07, 6.45) is 0. The minimum Gasteiger partial charge on any atom is -0.489 e. The van der Waals surface area contributed by atoms with Crippen LogP contribution in [0.4, 0.5) is 11.4 Å². The Kier molecular flexibility index (Phi) is 4.45. The first-order chi connectivity index (χ1) is 13.2. The Morgan fingerprint density at radius 3 is 2.15 bits per heavy atom. The van der Waals surface area contributed by atoms with E-state index in [4.69, 9.17) is 4.74 Å². The van der Waals surface area contributed by atoms with Crippen LogP contribution >= 0.6 is 0 Å². The van der Waals surface area contributed by atoms with Crippen molar-refractivity contribution in [2.24, 2.45) is 0 Å². The maximum atomic E-state index is 11.9. The molecule has 0 bridgehead atoms. The minimum atomic E-state index is -0.335. The van der Waals surface area contributed by atoms with E-state index >= 15 is 0 Å². The standard InChI is InChI=1S/C21H17N3O3/c25-20-18-11-8-16(12-19(18)21(26)24-23-20)22-15-6-9-17(10-7-15)27-13-14-4-2-1-3-5-14/h1-12,22H,13H2,(H,23,25)(H,24,26). The van der Waals surface area contributed by atoms with Gasteiger partial charge in [0.25, 0.3) is 11.1 Å². The summed E-state index contributed by atoms with van der Waals surface area (Å²) in [5.74, 6) is 0.769. The lowest BCUT2D eigenvalue weighted by Gasteiger charge is -2.09. The minimum absolute atomic E-state index is 0.323. The van der Waals surface area contributed by atoms with Crippen LogP contribution in [0.2, 0.25) is 0 Å². The van der Waals surface area contributed by atoms with Crippen LogP contribution in [-0.4, -0.2) is 10.2 Å². The van der Waals surface area contributed by atoms with Gasteiger partial charge in [0.2, 0.25) is 0 Å². The first-order valence-electron chi connectivity index (χ1n) is 8.47.